The number of fused-ring (bicyclic) bond motifs is 2. The maximum atomic E-state index is 13.0. The molecule has 25 heavy (non-hydrogen) atoms. The Kier molecular flexibility index (Phi) is 4.92. The van der Waals surface area contributed by atoms with Crippen molar-refractivity contribution in [1.29, 1.82) is 0 Å². The second-order valence-corrected chi connectivity index (χ2v) is 8.42. The molecule has 1 aromatic rings. The van der Waals surface area contributed by atoms with Gasteiger partial charge in [-0.15, -0.1) is 0 Å². The van der Waals surface area contributed by atoms with Gasteiger partial charge >= 0.3 is 0 Å². The van der Waals surface area contributed by atoms with Crippen molar-refractivity contribution in [3.05, 3.63) is 29.3 Å². The van der Waals surface area contributed by atoms with Crippen LogP contribution < -0.4 is 10.6 Å². The van der Waals surface area contributed by atoms with Crippen molar-refractivity contribution in [2.24, 2.45) is 23.5 Å². The molecule has 3 fully saturated rings. The van der Waals surface area contributed by atoms with E-state index in [1.165, 1.54) is 24.9 Å². The van der Waals surface area contributed by atoms with Gasteiger partial charge in [0.2, 0.25) is 5.91 Å². The Labute approximate surface area is 155 Å². The van der Waals surface area contributed by atoms with Crippen LogP contribution in [-0.4, -0.2) is 43.0 Å². The lowest BCUT2D eigenvalue weighted by molar-refractivity contribution is -0.138. The van der Waals surface area contributed by atoms with Crippen LogP contribution in [0.3, 0.4) is 0 Å². The first kappa shape index (κ1) is 17.2. The van der Waals surface area contributed by atoms with Crippen LogP contribution in [0.25, 0.3) is 0 Å². The topological polar surface area (TPSA) is 49.6 Å². The van der Waals surface area contributed by atoms with Gasteiger partial charge in [-0.05, 0) is 61.8 Å². The smallest absolute Gasteiger partial charge is 0.225 e. The van der Waals surface area contributed by atoms with Crippen LogP contribution in [-0.2, 0) is 4.79 Å². The molecule has 4 nitrogen and oxygen atoms in total. The molecule has 1 saturated heterocycles. The van der Waals surface area contributed by atoms with Gasteiger partial charge < -0.3 is 15.5 Å². The Hall–Kier alpha value is -1.26. The first-order valence-corrected chi connectivity index (χ1v) is 10.0. The fraction of sp³-hybridized carbons (Fsp3) is 0.650. The predicted octanol–water partition coefficient (Wildman–Crippen LogP) is 3.14. The summed E-state index contributed by atoms with van der Waals surface area (Å²) in [6.45, 7) is 3.43. The summed E-state index contributed by atoms with van der Waals surface area (Å²) in [6, 6.07) is 8.31. The summed E-state index contributed by atoms with van der Waals surface area (Å²) in [5, 5.41) is 0.763. The number of carbonyl (C=O) groups is 1. The van der Waals surface area contributed by atoms with Crippen LogP contribution in [0.1, 0.15) is 32.1 Å². The van der Waals surface area contributed by atoms with E-state index in [1.807, 2.05) is 12.1 Å². The normalized spacial score (nSPS) is 32.6. The Bertz CT molecular complexity index is 598. The van der Waals surface area contributed by atoms with Crippen LogP contribution in [0.4, 0.5) is 5.69 Å². The summed E-state index contributed by atoms with van der Waals surface area (Å²) in [6.07, 6.45) is 5.74. The number of nitrogens with two attached hydrogens (primary N) is 1. The second kappa shape index (κ2) is 7.16. The number of hydrogen-bond acceptors (Lipinski definition) is 3. The molecular weight excluding hydrogens is 334 g/mol. The van der Waals surface area contributed by atoms with Crippen LogP contribution in [0.5, 0.6) is 0 Å². The monoisotopic (exact) mass is 361 g/mol. The largest absolute Gasteiger partial charge is 0.368 e. The Morgan fingerprint density at radius 3 is 2.20 bits per heavy atom. The Morgan fingerprint density at radius 1 is 1.00 bits per heavy atom. The number of amides is 1. The van der Waals surface area contributed by atoms with E-state index in [4.69, 9.17) is 17.3 Å². The highest BCUT2D eigenvalue weighted by atomic mass is 35.5. The maximum Gasteiger partial charge on any atom is 0.225 e. The van der Waals surface area contributed by atoms with Gasteiger partial charge in [-0.3, -0.25) is 4.79 Å². The molecule has 136 valence electrons. The molecule has 1 aliphatic heterocycles. The van der Waals surface area contributed by atoms with Gasteiger partial charge in [0.25, 0.3) is 0 Å². The molecular formula is C20H28ClN3O. The van der Waals surface area contributed by atoms with E-state index in [0.717, 1.165) is 44.0 Å². The number of anilines is 1. The Morgan fingerprint density at radius 2 is 1.60 bits per heavy atom. The lowest BCUT2D eigenvalue weighted by Gasteiger charge is -2.45. The summed E-state index contributed by atoms with van der Waals surface area (Å²) in [4.78, 5) is 17.5. The third kappa shape index (κ3) is 3.52. The minimum atomic E-state index is 0.206. The van der Waals surface area contributed by atoms with E-state index in [9.17, 15) is 4.79 Å². The second-order valence-electron chi connectivity index (χ2n) is 7.99. The van der Waals surface area contributed by atoms with E-state index in [0.29, 0.717) is 23.8 Å². The average Bonchev–Trinajstić information content (AvgIpc) is 2.62. The highest BCUT2D eigenvalue weighted by Gasteiger charge is 2.41. The molecule has 0 aromatic heterocycles. The summed E-state index contributed by atoms with van der Waals surface area (Å²) in [5.41, 5.74) is 7.57. The van der Waals surface area contributed by atoms with Crippen molar-refractivity contribution in [3.63, 3.8) is 0 Å². The molecule has 1 heterocycles. The average molecular weight is 362 g/mol. The molecule has 2 bridgehead atoms. The zero-order chi connectivity index (χ0) is 17.4. The van der Waals surface area contributed by atoms with Gasteiger partial charge in [-0.2, -0.15) is 0 Å². The van der Waals surface area contributed by atoms with Gasteiger partial charge in [0, 0.05) is 48.8 Å². The number of hydrogen-bond donors (Lipinski definition) is 1. The van der Waals surface area contributed by atoms with Gasteiger partial charge in [-0.25, -0.2) is 0 Å². The van der Waals surface area contributed by atoms with E-state index in [2.05, 4.69) is 21.9 Å². The van der Waals surface area contributed by atoms with Crippen molar-refractivity contribution < 1.29 is 4.79 Å². The zero-order valence-electron chi connectivity index (χ0n) is 14.7. The first-order valence-electron chi connectivity index (χ1n) is 9.66. The SMILES string of the molecule is NC1C2CCCC1CC(C(=O)N1CCN(c3ccc(Cl)cc3)CC1)C2. The maximum absolute atomic E-state index is 13.0. The standard InChI is InChI=1S/C20H28ClN3O/c21-17-4-6-18(7-5-17)23-8-10-24(11-9-23)20(25)16-12-14-2-1-3-15(13-16)19(14)22/h4-7,14-16,19H,1-3,8-13,22H2. The molecule has 0 radical (unpaired) electrons. The van der Waals surface area contributed by atoms with E-state index >= 15 is 0 Å². The van der Waals surface area contributed by atoms with Gasteiger partial charge in [-0.1, -0.05) is 18.0 Å². The van der Waals surface area contributed by atoms with Crippen LogP contribution in [0.15, 0.2) is 24.3 Å². The quantitative estimate of drug-likeness (QED) is 0.880. The minimum absolute atomic E-state index is 0.206. The fourth-order valence-electron chi connectivity index (χ4n) is 5.09. The summed E-state index contributed by atoms with van der Waals surface area (Å²) in [5.74, 6) is 1.71. The van der Waals surface area contributed by atoms with E-state index in [-0.39, 0.29) is 5.92 Å². The summed E-state index contributed by atoms with van der Waals surface area (Å²) < 4.78 is 0. The van der Waals surface area contributed by atoms with Crippen LogP contribution in [0.2, 0.25) is 5.02 Å². The molecule has 2 aliphatic carbocycles. The van der Waals surface area contributed by atoms with Crippen molar-refractivity contribution in [2.45, 2.75) is 38.1 Å². The van der Waals surface area contributed by atoms with Crippen molar-refractivity contribution in [3.8, 4) is 0 Å². The third-order valence-corrected chi connectivity index (χ3v) is 6.80. The van der Waals surface area contributed by atoms with Crippen molar-refractivity contribution in [1.82, 2.24) is 4.90 Å². The highest BCUT2D eigenvalue weighted by molar-refractivity contribution is 6.30. The van der Waals surface area contributed by atoms with Gasteiger partial charge in [0.1, 0.15) is 0 Å². The highest BCUT2D eigenvalue weighted by Crippen LogP contribution is 2.42. The number of nitrogens with zero attached hydrogens (tertiary/aromatic N) is 2. The summed E-state index contributed by atoms with van der Waals surface area (Å²) in [7, 11) is 0. The molecule has 2 unspecified atom stereocenters. The molecule has 3 aliphatic rings. The van der Waals surface area contributed by atoms with Gasteiger partial charge in [0.05, 0.1) is 0 Å². The predicted molar refractivity (Wildman–Crippen MR) is 102 cm³/mol. The van der Waals surface area contributed by atoms with Crippen molar-refractivity contribution >= 4 is 23.2 Å². The van der Waals surface area contributed by atoms with Crippen molar-refractivity contribution in [2.75, 3.05) is 31.1 Å². The lowest BCUT2D eigenvalue weighted by Crippen LogP contribution is -2.53. The molecule has 2 saturated carbocycles. The van der Waals surface area contributed by atoms with Crippen LogP contribution in [0, 0.1) is 17.8 Å². The molecule has 2 N–H and O–H groups in total. The zero-order valence-corrected chi connectivity index (χ0v) is 15.5. The number of halogens is 1. The lowest BCUT2D eigenvalue weighted by atomic mass is 9.65. The van der Waals surface area contributed by atoms with E-state index in [1.54, 1.807) is 0 Å². The fourth-order valence-corrected chi connectivity index (χ4v) is 5.21. The van der Waals surface area contributed by atoms with E-state index < -0.39 is 0 Å². The molecule has 4 rings (SSSR count). The molecule has 1 aromatic carbocycles. The molecule has 5 heteroatoms. The summed E-state index contributed by atoms with van der Waals surface area (Å²) >= 11 is 5.97. The minimum Gasteiger partial charge on any atom is -0.368 e. The van der Waals surface area contributed by atoms with Gasteiger partial charge in [0.15, 0.2) is 0 Å². The van der Waals surface area contributed by atoms with Crippen LogP contribution >= 0.6 is 11.6 Å². The number of piperazine rings is 1. The first-order chi connectivity index (χ1) is 12.1. The number of carbonyl (C=O) groups excluding carboxylic acids is 1. The number of rotatable bonds is 2. The molecule has 2 atom stereocenters. The molecule has 1 amide bonds. The Balaban J connectivity index is 1.34. The number of benzene rings is 1. The third-order valence-electron chi connectivity index (χ3n) is 6.55. The molecule has 0 spiro atoms.